The van der Waals surface area contributed by atoms with E-state index in [1.807, 2.05) is 13.1 Å². The molecule has 2 N–H and O–H groups in total. The quantitative estimate of drug-likeness (QED) is 0.491. The molecule has 7 heteroatoms. The lowest BCUT2D eigenvalue weighted by atomic mass is 9.82. The molecule has 26 heavy (non-hydrogen) atoms. The van der Waals surface area contributed by atoms with E-state index in [-0.39, 0.29) is 0 Å². The summed E-state index contributed by atoms with van der Waals surface area (Å²) in [6.07, 6.45) is 3.48. The SMILES string of the molecule is CN=C(NCCNc1nc2ccccc2s1)N1CC2C3CCC(O3)C2C1. The Bertz CT molecular complexity index is 770. The summed E-state index contributed by atoms with van der Waals surface area (Å²) in [4.78, 5) is 11.5. The number of rotatable bonds is 4. The number of anilines is 1. The van der Waals surface area contributed by atoms with Gasteiger partial charge in [-0.2, -0.15) is 0 Å². The molecule has 0 spiro atoms. The van der Waals surface area contributed by atoms with E-state index in [9.17, 15) is 0 Å². The lowest BCUT2D eigenvalue weighted by molar-refractivity contribution is 0.0767. The molecule has 0 amide bonds. The molecule has 2 aromatic rings. The first-order chi connectivity index (χ1) is 12.8. The molecule has 6 nitrogen and oxygen atoms in total. The summed E-state index contributed by atoms with van der Waals surface area (Å²) in [5.41, 5.74) is 1.06. The number of para-hydroxylation sites is 1. The number of thiazole rings is 1. The van der Waals surface area contributed by atoms with Crippen LogP contribution in [0.3, 0.4) is 0 Å². The van der Waals surface area contributed by atoms with Crippen LogP contribution in [0.1, 0.15) is 12.8 Å². The molecule has 4 unspecified atom stereocenters. The average Bonchev–Trinajstić information content (AvgIpc) is 3.41. The summed E-state index contributed by atoms with van der Waals surface area (Å²) >= 11 is 1.70. The largest absolute Gasteiger partial charge is 0.374 e. The molecule has 3 saturated heterocycles. The van der Waals surface area contributed by atoms with Crippen molar-refractivity contribution in [3.63, 3.8) is 0 Å². The van der Waals surface area contributed by atoms with Gasteiger partial charge in [0, 0.05) is 45.1 Å². The summed E-state index contributed by atoms with van der Waals surface area (Å²) in [5, 5.41) is 7.90. The summed E-state index contributed by atoms with van der Waals surface area (Å²) in [6.45, 7) is 3.82. The van der Waals surface area contributed by atoms with Crippen LogP contribution in [-0.2, 0) is 4.74 Å². The minimum atomic E-state index is 0.494. The number of aromatic nitrogens is 1. The van der Waals surface area contributed by atoms with Gasteiger partial charge < -0.3 is 20.3 Å². The maximum atomic E-state index is 6.07. The second-order valence-corrected chi connectivity index (χ2v) is 8.44. The number of nitrogens with zero attached hydrogens (tertiary/aromatic N) is 3. The third-order valence-corrected chi connectivity index (χ3v) is 6.94. The highest BCUT2D eigenvalue weighted by molar-refractivity contribution is 7.22. The molecule has 4 atom stereocenters. The fourth-order valence-corrected chi connectivity index (χ4v) is 5.65. The van der Waals surface area contributed by atoms with Crippen LogP contribution in [-0.4, -0.2) is 61.3 Å². The highest BCUT2D eigenvalue weighted by Crippen LogP contribution is 2.47. The first-order valence-electron chi connectivity index (χ1n) is 9.52. The summed E-state index contributed by atoms with van der Waals surface area (Å²) in [6, 6.07) is 8.25. The maximum absolute atomic E-state index is 6.07. The van der Waals surface area contributed by atoms with Gasteiger partial charge in [0.1, 0.15) is 0 Å². The minimum Gasteiger partial charge on any atom is -0.374 e. The lowest BCUT2D eigenvalue weighted by Crippen LogP contribution is -2.42. The third-order valence-electron chi connectivity index (χ3n) is 5.94. The van der Waals surface area contributed by atoms with Crippen molar-refractivity contribution >= 4 is 32.6 Å². The van der Waals surface area contributed by atoms with Gasteiger partial charge in [0.25, 0.3) is 0 Å². The first-order valence-corrected chi connectivity index (χ1v) is 10.3. The van der Waals surface area contributed by atoms with Crippen molar-refractivity contribution in [1.29, 1.82) is 0 Å². The Hall–Kier alpha value is -1.86. The number of likely N-dealkylation sites (tertiary alicyclic amines) is 1. The van der Waals surface area contributed by atoms with Gasteiger partial charge in [0.05, 0.1) is 22.4 Å². The number of guanidine groups is 1. The highest BCUT2D eigenvalue weighted by Gasteiger charge is 2.53. The Morgan fingerprint density at radius 1 is 1.23 bits per heavy atom. The van der Waals surface area contributed by atoms with Gasteiger partial charge in [-0.15, -0.1) is 0 Å². The number of fused-ring (bicyclic) bond motifs is 6. The Morgan fingerprint density at radius 2 is 2.00 bits per heavy atom. The Kier molecular flexibility index (Phi) is 4.21. The van der Waals surface area contributed by atoms with Gasteiger partial charge in [-0.25, -0.2) is 4.98 Å². The van der Waals surface area contributed by atoms with E-state index >= 15 is 0 Å². The van der Waals surface area contributed by atoms with Crippen LogP contribution in [0.15, 0.2) is 29.3 Å². The molecule has 5 rings (SSSR count). The van der Waals surface area contributed by atoms with Crippen LogP contribution in [0.2, 0.25) is 0 Å². The average molecular weight is 372 g/mol. The van der Waals surface area contributed by atoms with Gasteiger partial charge in [0.15, 0.2) is 11.1 Å². The number of hydrogen-bond donors (Lipinski definition) is 2. The molecule has 4 heterocycles. The lowest BCUT2D eigenvalue weighted by Gasteiger charge is -2.23. The maximum Gasteiger partial charge on any atom is 0.193 e. The summed E-state index contributed by atoms with van der Waals surface area (Å²) in [5.74, 6) is 2.42. The van der Waals surface area contributed by atoms with Crippen molar-refractivity contribution in [2.45, 2.75) is 25.0 Å². The fourth-order valence-electron chi connectivity index (χ4n) is 4.76. The zero-order chi connectivity index (χ0) is 17.5. The van der Waals surface area contributed by atoms with Gasteiger partial charge in [0.2, 0.25) is 0 Å². The predicted molar refractivity (Wildman–Crippen MR) is 106 cm³/mol. The third kappa shape index (κ3) is 2.83. The van der Waals surface area contributed by atoms with Crippen molar-refractivity contribution in [3.8, 4) is 0 Å². The van der Waals surface area contributed by atoms with E-state index in [0.717, 1.165) is 42.8 Å². The van der Waals surface area contributed by atoms with Crippen LogP contribution in [0.25, 0.3) is 10.2 Å². The molecule has 1 aromatic heterocycles. The zero-order valence-electron chi connectivity index (χ0n) is 15.0. The molecule has 0 radical (unpaired) electrons. The zero-order valence-corrected chi connectivity index (χ0v) is 15.8. The van der Waals surface area contributed by atoms with E-state index < -0.39 is 0 Å². The molecule has 2 bridgehead atoms. The van der Waals surface area contributed by atoms with Crippen molar-refractivity contribution in [2.75, 3.05) is 38.5 Å². The van der Waals surface area contributed by atoms with Crippen LogP contribution >= 0.6 is 11.3 Å². The van der Waals surface area contributed by atoms with Gasteiger partial charge in [-0.1, -0.05) is 23.5 Å². The van der Waals surface area contributed by atoms with Gasteiger partial charge >= 0.3 is 0 Å². The van der Waals surface area contributed by atoms with Crippen LogP contribution in [0, 0.1) is 11.8 Å². The van der Waals surface area contributed by atoms with Crippen LogP contribution in [0.4, 0.5) is 5.13 Å². The Morgan fingerprint density at radius 3 is 2.73 bits per heavy atom. The molecule has 0 saturated carbocycles. The van der Waals surface area contributed by atoms with Crippen molar-refractivity contribution in [3.05, 3.63) is 24.3 Å². The summed E-state index contributed by atoms with van der Waals surface area (Å²) < 4.78 is 7.29. The topological polar surface area (TPSA) is 61.8 Å². The Balaban J connectivity index is 1.13. The molecular formula is C19H25N5OS. The number of aliphatic imine (C=N–C) groups is 1. The second kappa shape index (κ2) is 6.70. The van der Waals surface area contributed by atoms with E-state index in [0.29, 0.717) is 24.0 Å². The van der Waals surface area contributed by atoms with Gasteiger partial charge in [-0.05, 0) is 25.0 Å². The first kappa shape index (κ1) is 16.3. The second-order valence-electron chi connectivity index (χ2n) is 7.41. The number of nitrogens with one attached hydrogen (secondary N) is 2. The standard InChI is InChI=1S/C19H25N5OS/c1-20-18(24-10-12-13(11-24)16-7-6-15(12)25-16)21-8-9-22-19-23-14-4-2-3-5-17(14)26-19/h2-5,12-13,15-16H,6-11H2,1H3,(H,20,21)(H,22,23). The number of ether oxygens (including phenoxy) is 1. The number of hydrogen-bond acceptors (Lipinski definition) is 5. The molecule has 138 valence electrons. The normalized spacial score (nSPS) is 30.2. The van der Waals surface area contributed by atoms with Crippen LogP contribution < -0.4 is 10.6 Å². The molecule has 3 aliphatic rings. The minimum absolute atomic E-state index is 0.494. The molecule has 1 aromatic carbocycles. The summed E-state index contributed by atoms with van der Waals surface area (Å²) in [7, 11) is 1.88. The predicted octanol–water partition coefficient (Wildman–Crippen LogP) is 2.39. The van der Waals surface area contributed by atoms with E-state index in [1.165, 1.54) is 17.5 Å². The van der Waals surface area contributed by atoms with E-state index in [1.54, 1.807) is 11.3 Å². The van der Waals surface area contributed by atoms with Crippen LogP contribution in [0.5, 0.6) is 0 Å². The van der Waals surface area contributed by atoms with Crippen molar-refractivity contribution < 1.29 is 4.74 Å². The number of benzene rings is 1. The monoisotopic (exact) mass is 371 g/mol. The van der Waals surface area contributed by atoms with E-state index in [4.69, 9.17) is 4.74 Å². The molecule has 3 fully saturated rings. The smallest absolute Gasteiger partial charge is 0.193 e. The molecular weight excluding hydrogens is 346 g/mol. The highest BCUT2D eigenvalue weighted by atomic mass is 32.1. The van der Waals surface area contributed by atoms with Crippen molar-refractivity contribution in [1.82, 2.24) is 15.2 Å². The molecule has 3 aliphatic heterocycles. The van der Waals surface area contributed by atoms with E-state index in [2.05, 4.69) is 43.7 Å². The van der Waals surface area contributed by atoms with Crippen molar-refractivity contribution in [2.24, 2.45) is 16.8 Å². The fraction of sp³-hybridized carbons (Fsp3) is 0.579. The molecule has 0 aliphatic carbocycles. The van der Waals surface area contributed by atoms with Gasteiger partial charge in [-0.3, -0.25) is 4.99 Å². The Labute approximate surface area is 157 Å².